The van der Waals surface area contributed by atoms with Crippen molar-refractivity contribution in [3.05, 3.63) is 59.4 Å². The molecule has 0 aliphatic carbocycles. The number of fused-ring (bicyclic) bond motifs is 2. The predicted molar refractivity (Wildman–Crippen MR) is 106 cm³/mol. The minimum Gasteiger partial charge on any atom is -0.386 e. The lowest BCUT2D eigenvalue weighted by atomic mass is 9.99. The lowest BCUT2D eigenvalue weighted by Gasteiger charge is -2.27. The fraction of sp³-hybridized carbons (Fsp3) is 0.455. The van der Waals surface area contributed by atoms with Crippen LogP contribution in [0.2, 0.25) is 0 Å². The summed E-state index contributed by atoms with van der Waals surface area (Å²) in [6, 6.07) is 7.70. The zero-order chi connectivity index (χ0) is 21.2. The number of aliphatic hydroxyl groups is 1. The number of aliphatic hydroxyl groups excluding tert-OH is 1. The summed E-state index contributed by atoms with van der Waals surface area (Å²) in [7, 11) is 0. The second kappa shape index (κ2) is 6.81. The minimum atomic E-state index is -1.000. The largest absolute Gasteiger partial charge is 0.386 e. The summed E-state index contributed by atoms with van der Waals surface area (Å²) in [5.74, 6) is -0.511. The highest BCUT2D eigenvalue weighted by atomic mass is 19.1. The summed E-state index contributed by atoms with van der Waals surface area (Å²) < 4.78 is 33.8. The smallest absolute Gasteiger partial charge is 0.164 e. The Bertz CT molecular complexity index is 1100. The Hall–Kier alpha value is -2.39. The monoisotopic (exact) mass is 413 g/mol. The Morgan fingerprint density at radius 2 is 1.77 bits per heavy atom. The predicted octanol–water partition coefficient (Wildman–Crippen LogP) is 3.34. The maximum absolute atomic E-state index is 13.3. The van der Waals surface area contributed by atoms with Crippen molar-refractivity contribution in [2.75, 3.05) is 0 Å². The molecule has 30 heavy (non-hydrogen) atoms. The van der Waals surface area contributed by atoms with E-state index in [4.69, 9.17) is 14.2 Å². The maximum Gasteiger partial charge on any atom is 0.164 e. The van der Waals surface area contributed by atoms with Gasteiger partial charge in [-0.25, -0.2) is 14.4 Å². The van der Waals surface area contributed by atoms with Gasteiger partial charge in [-0.15, -0.1) is 0 Å². The molecule has 2 aliphatic heterocycles. The van der Waals surface area contributed by atoms with Crippen LogP contribution in [0.5, 0.6) is 0 Å². The van der Waals surface area contributed by atoms with E-state index in [-0.39, 0.29) is 5.82 Å². The second-order valence-corrected chi connectivity index (χ2v) is 8.37. The number of benzene rings is 1. The summed E-state index contributed by atoms with van der Waals surface area (Å²) in [6.45, 7) is 7.47. The number of rotatable bonds is 3. The van der Waals surface area contributed by atoms with Gasteiger partial charge in [0.2, 0.25) is 0 Å². The molecule has 0 spiro atoms. The van der Waals surface area contributed by atoms with Gasteiger partial charge in [0.15, 0.2) is 12.0 Å². The summed E-state index contributed by atoms with van der Waals surface area (Å²) in [4.78, 5) is 9.03. The molecule has 2 fully saturated rings. The van der Waals surface area contributed by atoms with Gasteiger partial charge in [0.05, 0.1) is 5.69 Å². The van der Waals surface area contributed by atoms with Crippen LogP contribution in [0.3, 0.4) is 0 Å². The van der Waals surface area contributed by atoms with E-state index in [0.29, 0.717) is 11.4 Å². The molecule has 1 N–H and O–H groups in total. The van der Waals surface area contributed by atoms with Gasteiger partial charge in [0, 0.05) is 11.6 Å². The lowest BCUT2D eigenvalue weighted by molar-refractivity contribution is -0.207. The van der Waals surface area contributed by atoms with E-state index in [2.05, 4.69) is 9.97 Å². The molecule has 8 heteroatoms. The number of halogens is 1. The fourth-order valence-electron chi connectivity index (χ4n) is 4.46. The fourth-order valence-corrected chi connectivity index (χ4v) is 4.46. The van der Waals surface area contributed by atoms with E-state index in [1.807, 2.05) is 44.5 Å². The molecule has 2 aromatic heterocycles. The van der Waals surface area contributed by atoms with Crippen LogP contribution < -0.4 is 0 Å². The molecule has 5 rings (SSSR count). The van der Waals surface area contributed by atoms with E-state index in [1.165, 1.54) is 12.1 Å². The van der Waals surface area contributed by atoms with Crippen LogP contribution in [0.4, 0.5) is 4.39 Å². The first-order chi connectivity index (χ1) is 14.2. The normalized spacial score (nSPS) is 28.7. The van der Waals surface area contributed by atoms with Crippen molar-refractivity contribution < 1.29 is 23.7 Å². The van der Waals surface area contributed by atoms with Crippen molar-refractivity contribution in [3.8, 4) is 0 Å². The summed E-state index contributed by atoms with van der Waals surface area (Å²) >= 11 is 0. The van der Waals surface area contributed by atoms with Gasteiger partial charge in [-0.2, -0.15) is 0 Å². The molecule has 4 heterocycles. The molecule has 0 saturated carbocycles. The number of aryl methyl sites for hydroxylation is 2. The Morgan fingerprint density at radius 3 is 2.50 bits per heavy atom. The van der Waals surface area contributed by atoms with Gasteiger partial charge in [-0.1, -0.05) is 12.1 Å². The molecule has 0 amide bonds. The van der Waals surface area contributed by atoms with E-state index >= 15 is 0 Å². The Kier molecular flexibility index (Phi) is 4.44. The van der Waals surface area contributed by atoms with Gasteiger partial charge in [-0.05, 0) is 51.5 Å². The summed E-state index contributed by atoms with van der Waals surface area (Å²) in [6.07, 6.45) is -1.26. The molecule has 3 aromatic rings. The molecule has 0 unspecified atom stereocenters. The highest BCUT2D eigenvalue weighted by Crippen LogP contribution is 2.47. The van der Waals surface area contributed by atoms with Crippen molar-refractivity contribution >= 4 is 11.0 Å². The molecule has 158 valence electrons. The Balaban J connectivity index is 1.55. The molecule has 5 atom stereocenters. The molecular formula is C22H24FN3O4. The minimum absolute atomic E-state index is 0.361. The van der Waals surface area contributed by atoms with Crippen LogP contribution in [0.1, 0.15) is 43.3 Å². The molecular weight excluding hydrogens is 389 g/mol. The van der Waals surface area contributed by atoms with Gasteiger partial charge >= 0.3 is 0 Å². The third kappa shape index (κ3) is 3.11. The van der Waals surface area contributed by atoms with E-state index in [9.17, 15) is 9.50 Å². The molecule has 1 aromatic carbocycles. The van der Waals surface area contributed by atoms with Crippen LogP contribution in [0.15, 0.2) is 36.5 Å². The summed E-state index contributed by atoms with van der Waals surface area (Å²) in [5, 5.41) is 12.0. The van der Waals surface area contributed by atoms with Crippen LogP contribution >= 0.6 is 0 Å². The number of ether oxygens (including phenoxy) is 3. The molecule has 7 nitrogen and oxygen atoms in total. The van der Waals surface area contributed by atoms with Gasteiger partial charge in [0.1, 0.15) is 41.7 Å². The van der Waals surface area contributed by atoms with Crippen LogP contribution in [-0.2, 0) is 14.2 Å². The van der Waals surface area contributed by atoms with Crippen molar-refractivity contribution in [1.29, 1.82) is 0 Å². The van der Waals surface area contributed by atoms with Crippen molar-refractivity contribution in [2.45, 2.75) is 64.1 Å². The zero-order valence-electron chi connectivity index (χ0n) is 17.2. The topological polar surface area (TPSA) is 78.6 Å². The molecule has 2 aliphatic rings. The number of hydrogen-bond acceptors (Lipinski definition) is 6. The van der Waals surface area contributed by atoms with E-state index in [0.717, 1.165) is 16.7 Å². The van der Waals surface area contributed by atoms with Crippen LogP contribution in [0, 0.1) is 19.7 Å². The first-order valence-corrected chi connectivity index (χ1v) is 10.00. The average molecular weight is 413 g/mol. The maximum atomic E-state index is 13.3. The molecule has 0 radical (unpaired) electrons. The Morgan fingerprint density at radius 1 is 1.07 bits per heavy atom. The van der Waals surface area contributed by atoms with Crippen LogP contribution in [-0.4, -0.2) is 43.7 Å². The van der Waals surface area contributed by atoms with Crippen molar-refractivity contribution in [2.24, 2.45) is 0 Å². The quantitative estimate of drug-likeness (QED) is 0.710. The van der Waals surface area contributed by atoms with Gasteiger partial charge in [0.25, 0.3) is 0 Å². The van der Waals surface area contributed by atoms with Crippen molar-refractivity contribution in [3.63, 3.8) is 0 Å². The van der Waals surface area contributed by atoms with Gasteiger partial charge in [-0.3, -0.25) is 0 Å². The van der Waals surface area contributed by atoms with Crippen molar-refractivity contribution in [1.82, 2.24) is 14.5 Å². The highest BCUT2D eigenvalue weighted by Gasteiger charge is 2.58. The standard InChI is InChI=1S/C22H24FN3O4/c1-11-15-9-10-26(20(15)25-12(2)24-11)21-19-18(29-22(3,4)30-19)17(28-21)16(27)13-5-7-14(23)8-6-13/h5-10,16-19,21,27H,1-4H3/t16-,17-,18-,19-,21-/m1/s1. The third-order valence-corrected chi connectivity index (χ3v) is 5.74. The second-order valence-electron chi connectivity index (χ2n) is 8.37. The highest BCUT2D eigenvalue weighted by molar-refractivity contribution is 5.78. The third-order valence-electron chi connectivity index (χ3n) is 5.74. The number of hydrogen-bond donors (Lipinski definition) is 1. The zero-order valence-corrected chi connectivity index (χ0v) is 17.2. The Labute approximate surface area is 173 Å². The lowest BCUT2D eigenvalue weighted by Crippen LogP contribution is -2.34. The number of aromatic nitrogens is 3. The SMILES string of the molecule is Cc1nc(C)c2ccn([C@@H]3O[C@H]([C@H](O)c4ccc(F)cc4)[C@H]4OC(C)(C)O[C@H]43)c2n1. The van der Waals surface area contributed by atoms with E-state index < -0.39 is 36.4 Å². The summed E-state index contributed by atoms with van der Waals surface area (Å²) in [5.41, 5.74) is 2.19. The van der Waals surface area contributed by atoms with Gasteiger partial charge < -0.3 is 23.9 Å². The first-order valence-electron chi connectivity index (χ1n) is 10.00. The molecule has 0 bridgehead atoms. The van der Waals surface area contributed by atoms with Crippen LogP contribution in [0.25, 0.3) is 11.0 Å². The van der Waals surface area contributed by atoms with E-state index in [1.54, 1.807) is 12.1 Å². The molecule has 2 saturated heterocycles. The first kappa shape index (κ1) is 19.6. The number of nitrogens with zero attached hydrogens (tertiary/aromatic N) is 3. The average Bonchev–Trinajstić information content (AvgIpc) is 3.32.